The molecule has 1 aliphatic rings. The molecule has 270 valence electrons. The van der Waals surface area contributed by atoms with E-state index in [0.29, 0.717) is 11.8 Å². The zero-order chi connectivity index (χ0) is 38.1. The van der Waals surface area contributed by atoms with Crippen LogP contribution in [0.15, 0.2) is 191 Å². The van der Waals surface area contributed by atoms with Crippen LogP contribution in [-0.4, -0.2) is 9.97 Å². The van der Waals surface area contributed by atoms with Crippen LogP contribution in [0.3, 0.4) is 0 Å². The standard InChI is InChI=1S/C53H36N2O2/c1-53(2)45-31-38(33-10-4-3-5-11-33)24-26-43(45)44-27-25-39(32-46(44)53)42-29-40(34-16-20-36(21-17-34)51-54-47-12-6-8-14-49(47)56-51)28-41(30-42)35-18-22-37(23-19-35)52-55-48-13-7-9-15-50(48)57-52/h3-32H,1-2H3. The maximum atomic E-state index is 6.10. The highest BCUT2D eigenvalue weighted by atomic mass is 16.4. The monoisotopic (exact) mass is 732 g/mol. The molecule has 8 aromatic carbocycles. The number of oxazole rings is 2. The maximum Gasteiger partial charge on any atom is 0.227 e. The number of fused-ring (bicyclic) bond motifs is 5. The van der Waals surface area contributed by atoms with Crippen LogP contribution in [0, 0.1) is 0 Å². The lowest BCUT2D eigenvalue weighted by Gasteiger charge is -2.23. The molecule has 4 nitrogen and oxygen atoms in total. The van der Waals surface area contributed by atoms with Gasteiger partial charge in [0.1, 0.15) is 11.0 Å². The maximum absolute atomic E-state index is 6.10. The Labute approximate surface area is 330 Å². The molecule has 0 spiro atoms. The Kier molecular flexibility index (Phi) is 7.48. The Morgan fingerprint density at radius 1 is 0.333 bits per heavy atom. The second kappa shape index (κ2) is 12.9. The molecule has 57 heavy (non-hydrogen) atoms. The number of rotatable bonds is 6. The molecular weight excluding hydrogens is 697 g/mol. The smallest absolute Gasteiger partial charge is 0.227 e. The molecule has 0 saturated carbocycles. The van der Waals surface area contributed by atoms with E-state index in [0.717, 1.165) is 61.1 Å². The Morgan fingerprint density at radius 3 is 1.18 bits per heavy atom. The third-order valence-corrected chi connectivity index (χ3v) is 11.6. The van der Waals surface area contributed by atoms with Gasteiger partial charge >= 0.3 is 0 Å². The number of benzene rings is 8. The van der Waals surface area contributed by atoms with Gasteiger partial charge in [0.25, 0.3) is 0 Å². The number of para-hydroxylation sites is 4. The summed E-state index contributed by atoms with van der Waals surface area (Å²) in [6.45, 7) is 4.71. The van der Waals surface area contributed by atoms with E-state index in [1.807, 2.05) is 48.5 Å². The lowest BCUT2D eigenvalue weighted by atomic mass is 9.80. The zero-order valence-corrected chi connectivity index (χ0v) is 31.5. The minimum Gasteiger partial charge on any atom is -0.436 e. The normalized spacial score (nSPS) is 12.9. The molecule has 1 aliphatic carbocycles. The fourth-order valence-corrected chi connectivity index (χ4v) is 8.46. The van der Waals surface area contributed by atoms with E-state index < -0.39 is 0 Å². The molecule has 0 fully saturated rings. The van der Waals surface area contributed by atoms with Crippen molar-refractivity contribution in [1.82, 2.24) is 9.97 Å². The van der Waals surface area contributed by atoms with Crippen LogP contribution >= 0.6 is 0 Å². The minimum absolute atomic E-state index is 0.160. The van der Waals surface area contributed by atoms with Crippen molar-refractivity contribution in [2.75, 3.05) is 0 Å². The molecule has 0 bridgehead atoms. The van der Waals surface area contributed by atoms with Crippen molar-refractivity contribution < 1.29 is 8.83 Å². The van der Waals surface area contributed by atoms with Gasteiger partial charge in [0, 0.05) is 16.5 Å². The summed E-state index contributed by atoms with van der Waals surface area (Å²) in [5.41, 5.74) is 19.7. The van der Waals surface area contributed by atoms with Crippen LogP contribution in [0.25, 0.3) is 101 Å². The minimum atomic E-state index is -0.160. The first-order chi connectivity index (χ1) is 27.9. The molecule has 0 radical (unpaired) electrons. The molecule has 11 rings (SSSR count). The van der Waals surface area contributed by atoms with Crippen LogP contribution in [0.2, 0.25) is 0 Å². The summed E-state index contributed by atoms with van der Waals surface area (Å²) in [6.07, 6.45) is 0. The summed E-state index contributed by atoms with van der Waals surface area (Å²) >= 11 is 0. The van der Waals surface area contributed by atoms with Gasteiger partial charge in [-0.2, -0.15) is 0 Å². The summed E-state index contributed by atoms with van der Waals surface area (Å²) in [6, 6.07) is 64.3. The Balaban J connectivity index is 0.996. The molecule has 0 saturated heterocycles. The molecule has 2 aromatic heterocycles. The lowest BCUT2D eigenvalue weighted by Crippen LogP contribution is -2.15. The third kappa shape index (κ3) is 5.68. The number of hydrogen-bond donors (Lipinski definition) is 0. The number of nitrogens with zero attached hydrogens (tertiary/aromatic N) is 2. The molecule has 0 N–H and O–H groups in total. The highest BCUT2D eigenvalue weighted by molar-refractivity contribution is 5.88. The van der Waals surface area contributed by atoms with E-state index >= 15 is 0 Å². The van der Waals surface area contributed by atoms with Crippen LogP contribution in [0.4, 0.5) is 0 Å². The predicted molar refractivity (Wildman–Crippen MR) is 232 cm³/mol. The van der Waals surface area contributed by atoms with Crippen LogP contribution < -0.4 is 0 Å². The molecule has 10 aromatic rings. The molecule has 0 unspecified atom stereocenters. The van der Waals surface area contributed by atoms with Crippen molar-refractivity contribution in [2.45, 2.75) is 19.3 Å². The van der Waals surface area contributed by atoms with Crippen molar-refractivity contribution in [2.24, 2.45) is 0 Å². The topological polar surface area (TPSA) is 52.1 Å². The van der Waals surface area contributed by atoms with Gasteiger partial charge in [-0.05, 0) is 146 Å². The van der Waals surface area contributed by atoms with Gasteiger partial charge in [0.2, 0.25) is 11.8 Å². The Hall–Kier alpha value is -7.30. The van der Waals surface area contributed by atoms with Gasteiger partial charge in [0.15, 0.2) is 11.2 Å². The van der Waals surface area contributed by atoms with E-state index in [1.165, 1.54) is 38.9 Å². The molecular formula is C53H36N2O2. The molecule has 2 heterocycles. The average Bonchev–Trinajstić information content (AvgIpc) is 3.97. The van der Waals surface area contributed by atoms with E-state index in [4.69, 9.17) is 18.8 Å². The van der Waals surface area contributed by atoms with Gasteiger partial charge in [-0.25, -0.2) is 9.97 Å². The van der Waals surface area contributed by atoms with Gasteiger partial charge < -0.3 is 8.83 Å². The summed E-state index contributed by atoms with van der Waals surface area (Å²) < 4.78 is 12.2. The van der Waals surface area contributed by atoms with Crippen molar-refractivity contribution >= 4 is 22.2 Å². The SMILES string of the molecule is CC1(C)c2cc(-c3ccccc3)ccc2-c2ccc(-c3cc(-c4ccc(-c5nc6ccccc6o5)cc4)cc(-c4ccc(-c5nc6ccccc6o5)cc4)c3)cc21. The van der Waals surface area contributed by atoms with Crippen molar-refractivity contribution in [3.8, 4) is 78.5 Å². The van der Waals surface area contributed by atoms with Crippen molar-refractivity contribution in [1.29, 1.82) is 0 Å². The summed E-state index contributed by atoms with van der Waals surface area (Å²) in [4.78, 5) is 9.46. The Morgan fingerprint density at radius 2 is 0.702 bits per heavy atom. The highest BCUT2D eigenvalue weighted by Crippen LogP contribution is 2.51. The van der Waals surface area contributed by atoms with Gasteiger partial charge in [-0.15, -0.1) is 0 Å². The third-order valence-electron chi connectivity index (χ3n) is 11.6. The van der Waals surface area contributed by atoms with Crippen molar-refractivity contribution in [3.63, 3.8) is 0 Å². The quantitative estimate of drug-likeness (QED) is 0.171. The summed E-state index contributed by atoms with van der Waals surface area (Å²) in [7, 11) is 0. The number of hydrogen-bond acceptors (Lipinski definition) is 4. The summed E-state index contributed by atoms with van der Waals surface area (Å²) in [5, 5.41) is 0. The van der Waals surface area contributed by atoms with Crippen LogP contribution in [0.5, 0.6) is 0 Å². The number of aromatic nitrogens is 2. The van der Waals surface area contributed by atoms with Crippen LogP contribution in [0.1, 0.15) is 25.0 Å². The highest BCUT2D eigenvalue weighted by Gasteiger charge is 2.36. The first-order valence-corrected chi connectivity index (χ1v) is 19.4. The molecule has 0 aliphatic heterocycles. The first kappa shape index (κ1) is 33.1. The molecule has 0 atom stereocenters. The van der Waals surface area contributed by atoms with Crippen molar-refractivity contribution in [3.05, 3.63) is 193 Å². The molecule has 0 amide bonds. The summed E-state index contributed by atoms with van der Waals surface area (Å²) in [5.74, 6) is 1.24. The fourth-order valence-electron chi connectivity index (χ4n) is 8.46. The second-order valence-corrected chi connectivity index (χ2v) is 15.4. The predicted octanol–water partition coefficient (Wildman–Crippen LogP) is 14.3. The Bertz CT molecular complexity index is 2930. The van der Waals surface area contributed by atoms with Crippen LogP contribution in [-0.2, 0) is 5.41 Å². The zero-order valence-electron chi connectivity index (χ0n) is 31.5. The van der Waals surface area contributed by atoms with Gasteiger partial charge in [-0.3, -0.25) is 0 Å². The first-order valence-electron chi connectivity index (χ1n) is 19.4. The lowest BCUT2D eigenvalue weighted by molar-refractivity contribution is 0.619. The van der Waals surface area contributed by atoms with E-state index in [9.17, 15) is 0 Å². The fraction of sp³-hybridized carbons (Fsp3) is 0.0566. The van der Waals surface area contributed by atoms with E-state index in [-0.39, 0.29) is 5.41 Å². The molecule has 4 heteroatoms. The van der Waals surface area contributed by atoms with E-state index in [1.54, 1.807) is 0 Å². The van der Waals surface area contributed by atoms with E-state index in [2.05, 4.69) is 147 Å². The van der Waals surface area contributed by atoms with Gasteiger partial charge in [0.05, 0.1) is 0 Å². The largest absolute Gasteiger partial charge is 0.436 e. The average molecular weight is 733 g/mol. The van der Waals surface area contributed by atoms with Gasteiger partial charge in [-0.1, -0.05) is 117 Å². The second-order valence-electron chi connectivity index (χ2n) is 15.4.